The first-order valence-electron chi connectivity index (χ1n) is 8.25. The van der Waals surface area contributed by atoms with Crippen LogP contribution in [-0.4, -0.2) is 41.5 Å². The van der Waals surface area contributed by atoms with Gasteiger partial charge in [-0.1, -0.05) is 11.6 Å². The summed E-state index contributed by atoms with van der Waals surface area (Å²) in [4.78, 5) is 45.1. The summed E-state index contributed by atoms with van der Waals surface area (Å²) >= 11 is 5.70. The Morgan fingerprint density at radius 2 is 1.67 bits per heavy atom. The van der Waals surface area contributed by atoms with Gasteiger partial charge in [-0.05, 0) is 12.1 Å². The van der Waals surface area contributed by atoms with E-state index in [9.17, 15) is 29.8 Å². The van der Waals surface area contributed by atoms with Crippen LogP contribution in [0.4, 0.5) is 17.1 Å². The Kier molecular flexibility index (Phi) is 5.97. The molecule has 1 aliphatic heterocycles. The van der Waals surface area contributed by atoms with Gasteiger partial charge in [0.25, 0.3) is 17.3 Å². The number of fused-ring (bicyclic) bond motifs is 1. The van der Waals surface area contributed by atoms with E-state index in [1.54, 1.807) is 0 Å². The van der Waals surface area contributed by atoms with Crippen LogP contribution in [0, 0.1) is 20.2 Å². The van der Waals surface area contributed by atoms with Gasteiger partial charge < -0.3 is 19.5 Å². The highest BCUT2D eigenvalue weighted by Crippen LogP contribution is 2.37. The Bertz CT molecular complexity index is 1060. The predicted molar refractivity (Wildman–Crippen MR) is 101 cm³/mol. The van der Waals surface area contributed by atoms with Crippen LogP contribution >= 0.6 is 11.6 Å². The van der Waals surface area contributed by atoms with Crippen LogP contribution in [0.1, 0.15) is 10.4 Å². The van der Waals surface area contributed by atoms with E-state index >= 15 is 0 Å². The smallest absolute Gasteiger partial charge is 0.345 e. The number of ether oxygens (including phenoxy) is 3. The lowest BCUT2D eigenvalue weighted by atomic mass is 10.1. The van der Waals surface area contributed by atoms with Gasteiger partial charge in [0.05, 0.1) is 15.9 Å². The number of hydrogen-bond donors (Lipinski definition) is 1. The minimum atomic E-state index is -1.15. The molecule has 0 fully saturated rings. The lowest BCUT2D eigenvalue weighted by Gasteiger charge is -2.18. The van der Waals surface area contributed by atoms with Crippen molar-refractivity contribution in [3.8, 4) is 11.5 Å². The third kappa shape index (κ3) is 4.55. The van der Waals surface area contributed by atoms with Crippen molar-refractivity contribution in [2.75, 3.05) is 25.1 Å². The molecule has 12 nitrogen and oxygen atoms in total. The van der Waals surface area contributed by atoms with E-state index < -0.39 is 45.3 Å². The molecule has 0 saturated carbocycles. The first-order valence-corrected chi connectivity index (χ1v) is 8.63. The molecule has 2 aromatic rings. The van der Waals surface area contributed by atoms with Gasteiger partial charge in [0.2, 0.25) is 0 Å². The molecule has 1 heterocycles. The van der Waals surface area contributed by atoms with E-state index in [-0.39, 0.29) is 35.4 Å². The molecule has 1 aliphatic rings. The van der Waals surface area contributed by atoms with E-state index in [0.29, 0.717) is 0 Å². The Morgan fingerprint density at radius 1 is 1.03 bits per heavy atom. The largest absolute Gasteiger partial charge is 0.486 e. The zero-order chi connectivity index (χ0) is 21.8. The predicted octanol–water partition coefficient (Wildman–Crippen LogP) is 2.72. The molecule has 0 bridgehead atoms. The first kappa shape index (κ1) is 20.8. The van der Waals surface area contributed by atoms with Gasteiger partial charge in [-0.2, -0.15) is 0 Å². The zero-order valence-corrected chi connectivity index (χ0v) is 15.7. The molecule has 0 unspecified atom stereocenters. The fourth-order valence-electron chi connectivity index (χ4n) is 2.55. The topological polar surface area (TPSA) is 160 Å². The van der Waals surface area contributed by atoms with Gasteiger partial charge in [-0.3, -0.25) is 25.0 Å². The fourth-order valence-corrected chi connectivity index (χ4v) is 2.72. The number of amides is 1. The number of nitro benzene ring substituents is 2. The third-order valence-corrected chi connectivity index (χ3v) is 4.08. The molecular weight excluding hydrogens is 426 g/mol. The van der Waals surface area contributed by atoms with Crippen molar-refractivity contribution in [1.29, 1.82) is 0 Å². The summed E-state index contributed by atoms with van der Waals surface area (Å²) in [7, 11) is 0. The molecule has 0 aromatic heterocycles. The van der Waals surface area contributed by atoms with Crippen LogP contribution in [0.5, 0.6) is 11.5 Å². The number of nitro groups is 2. The zero-order valence-electron chi connectivity index (χ0n) is 15.0. The van der Waals surface area contributed by atoms with Crippen molar-refractivity contribution in [2.45, 2.75) is 0 Å². The number of hydrogen-bond acceptors (Lipinski definition) is 9. The molecule has 3 rings (SSSR count). The summed E-state index contributed by atoms with van der Waals surface area (Å²) < 4.78 is 15.4. The minimum Gasteiger partial charge on any atom is -0.486 e. The first-order chi connectivity index (χ1) is 14.3. The highest BCUT2D eigenvalue weighted by Gasteiger charge is 2.28. The molecule has 0 atom stereocenters. The summed E-state index contributed by atoms with van der Waals surface area (Å²) in [6.45, 7) is -0.448. The number of benzene rings is 2. The second-order valence-electron chi connectivity index (χ2n) is 5.81. The van der Waals surface area contributed by atoms with Crippen LogP contribution in [-0.2, 0) is 9.53 Å². The Balaban J connectivity index is 1.72. The molecule has 13 heteroatoms. The molecule has 1 amide bonds. The van der Waals surface area contributed by atoms with E-state index in [1.807, 2.05) is 0 Å². The molecule has 0 spiro atoms. The monoisotopic (exact) mass is 437 g/mol. The molecule has 2 aromatic carbocycles. The fraction of sp³-hybridized carbons (Fsp3) is 0.176. The Labute approximate surface area is 172 Å². The van der Waals surface area contributed by atoms with Crippen molar-refractivity contribution >= 4 is 40.5 Å². The van der Waals surface area contributed by atoms with E-state index in [0.717, 1.165) is 18.2 Å². The van der Waals surface area contributed by atoms with Crippen molar-refractivity contribution in [2.24, 2.45) is 0 Å². The lowest BCUT2D eigenvalue weighted by molar-refractivity contribution is -0.385. The van der Waals surface area contributed by atoms with Crippen molar-refractivity contribution < 1.29 is 33.6 Å². The van der Waals surface area contributed by atoms with Crippen LogP contribution in [0.2, 0.25) is 5.02 Å². The summed E-state index contributed by atoms with van der Waals surface area (Å²) in [6.07, 6.45) is 0. The number of rotatable bonds is 6. The summed E-state index contributed by atoms with van der Waals surface area (Å²) in [5, 5.41) is 24.6. The van der Waals surface area contributed by atoms with E-state index in [1.165, 1.54) is 12.1 Å². The van der Waals surface area contributed by atoms with Crippen molar-refractivity contribution in [1.82, 2.24) is 0 Å². The van der Waals surface area contributed by atoms with Gasteiger partial charge in [0.1, 0.15) is 24.5 Å². The quantitative estimate of drug-likeness (QED) is 0.407. The molecule has 0 saturated heterocycles. The number of carbonyl (C=O) groups is 2. The van der Waals surface area contributed by atoms with Crippen LogP contribution in [0.15, 0.2) is 30.3 Å². The van der Waals surface area contributed by atoms with Crippen molar-refractivity contribution in [3.63, 3.8) is 0 Å². The second kappa shape index (κ2) is 8.61. The number of carbonyl (C=O) groups excluding carboxylic acids is 2. The van der Waals surface area contributed by atoms with E-state index in [2.05, 4.69) is 5.32 Å². The molecule has 0 radical (unpaired) electrons. The summed E-state index contributed by atoms with van der Waals surface area (Å²) in [5.74, 6) is -1.81. The van der Waals surface area contributed by atoms with Crippen molar-refractivity contribution in [3.05, 3.63) is 61.1 Å². The molecular formula is C17H12ClN3O9. The van der Waals surface area contributed by atoms with Crippen LogP contribution in [0.25, 0.3) is 0 Å². The maximum atomic E-state index is 12.3. The average Bonchev–Trinajstić information content (AvgIpc) is 2.72. The highest BCUT2D eigenvalue weighted by molar-refractivity contribution is 6.31. The molecule has 1 N–H and O–H groups in total. The molecule has 0 aliphatic carbocycles. The maximum Gasteiger partial charge on any atom is 0.345 e. The van der Waals surface area contributed by atoms with Gasteiger partial charge >= 0.3 is 5.97 Å². The van der Waals surface area contributed by atoms with Gasteiger partial charge in [-0.25, -0.2) is 4.79 Å². The molecule has 30 heavy (non-hydrogen) atoms. The number of nitrogens with one attached hydrogen (secondary N) is 1. The number of halogens is 1. The van der Waals surface area contributed by atoms with Crippen LogP contribution in [0.3, 0.4) is 0 Å². The standard InChI is InChI=1S/C17H12ClN3O9/c18-9-1-2-11(13(5-9)21(26)27)19-16(22)8-30-17(23)10-6-14-15(29-4-3-28-14)7-12(10)20(24)25/h1-2,5-7H,3-4,8H2,(H,19,22). The van der Waals surface area contributed by atoms with Gasteiger partial charge in [-0.15, -0.1) is 0 Å². The Hall–Kier alpha value is -3.93. The summed E-state index contributed by atoms with van der Waals surface area (Å²) in [6, 6.07) is 5.71. The number of anilines is 1. The highest BCUT2D eigenvalue weighted by atomic mass is 35.5. The van der Waals surface area contributed by atoms with Gasteiger partial charge in [0, 0.05) is 17.2 Å². The normalized spacial score (nSPS) is 12.0. The van der Waals surface area contributed by atoms with Gasteiger partial charge in [0.15, 0.2) is 18.1 Å². The summed E-state index contributed by atoms with van der Waals surface area (Å²) in [5.41, 5.74) is -1.63. The third-order valence-electron chi connectivity index (χ3n) is 3.84. The number of esters is 1. The van der Waals surface area contributed by atoms with Crippen LogP contribution < -0.4 is 14.8 Å². The lowest BCUT2D eigenvalue weighted by Crippen LogP contribution is -2.22. The Morgan fingerprint density at radius 3 is 2.30 bits per heavy atom. The average molecular weight is 438 g/mol. The minimum absolute atomic E-state index is 0.0945. The SMILES string of the molecule is O=C(COC(=O)c1cc2c(cc1[N+](=O)[O-])OCCO2)Nc1ccc(Cl)cc1[N+](=O)[O-]. The number of nitrogens with zero attached hydrogens (tertiary/aromatic N) is 2. The second-order valence-corrected chi connectivity index (χ2v) is 6.25. The molecule has 156 valence electrons. The van der Waals surface area contributed by atoms with E-state index in [4.69, 9.17) is 25.8 Å². The maximum absolute atomic E-state index is 12.3.